The number of thiazole rings is 1. The smallest absolute Gasteiger partial charge is 0.325 e. The van der Waals surface area contributed by atoms with Gasteiger partial charge in [0.15, 0.2) is 5.13 Å². The summed E-state index contributed by atoms with van der Waals surface area (Å²) in [7, 11) is 0. The number of carbonyl (C=O) groups is 2. The number of nitrogens with zero attached hydrogens (tertiary/aromatic N) is 1. The number of urea groups is 1. The Hall–Kier alpha value is -3.10. The van der Waals surface area contributed by atoms with E-state index in [1.807, 2.05) is 19.1 Å². The molecular formula is C20H19ClN4O3S. The molecule has 1 heterocycles. The molecule has 150 valence electrons. The Morgan fingerprint density at radius 2 is 1.93 bits per heavy atom. The van der Waals surface area contributed by atoms with Crippen LogP contribution in [0.1, 0.15) is 12.6 Å². The average Bonchev–Trinajstić information content (AvgIpc) is 3.10. The molecule has 0 unspecified atom stereocenters. The van der Waals surface area contributed by atoms with Crippen LogP contribution >= 0.6 is 22.9 Å². The number of amides is 3. The van der Waals surface area contributed by atoms with Gasteiger partial charge in [0, 0.05) is 16.1 Å². The highest BCUT2D eigenvalue weighted by Crippen LogP contribution is 2.24. The minimum absolute atomic E-state index is 0.0779. The van der Waals surface area contributed by atoms with Gasteiger partial charge in [0.1, 0.15) is 5.75 Å². The van der Waals surface area contributed by atoms with E-state index in [1.165, 1.54) is 11.3 Å². The summed E-state index contributed by atoms with van der Waals surface area (Å²) in [5.74, 6) is 0.388. The molecule has 0 saturated heterocycles. The van der Waals surface area contributed by atoms with Crippen molar-refractivity contribution in [2.75, 3.05) is 22.6 Å². The third-order valence-electron chi connectivity index (χ3n) is 3.66. The van der Waals surface area contributed by atoms with Crippen molar-refractivity contribution >= 4 is 51.4 Å². The van der Waals surface area contributed by atoms with Gasteiger partial charge in [-0.15, -0.1) is 11.3 Å². The molecule has 9 heteroatoms. The lowest BCUT2D eigenvalue weighted by Gasteiger charge is -2.10. The van der Waals surface area contributed by atoms with Crippen LogP contribution < -0.4 is 20.7 Å². The van der Waals surface area contributed by atoms with Crippen molar-refractivity contribution in [2.24, 2.45) is 0 Å². The van der Waals surface area contributed by atoms with Gasteiger partial charge in [0.25, 0.3) is 0 Å². The average molecular weight is 431 g/mol. The van der Waals surface area contributed by atoms with Crippen LogP contribution in [0, 0.1) is 0 Å². The van der Waals surface area contributed by atoms with Crippen molar-refractivity contribution in [2.45, 2.75) is 13.3 Å². The molecule has 0 bridgehead atoms. The molecule has 0 aliphatic carbocycles. The second kappa shape index (κ2) is 9.90. The molecular weight excluding hydrogens is 412 g/mol. The van der Waals surface area contributed by atoms with Crippen LogP contribution in [-0.4, -0.2) is 23.5 Å². The fourth-order valence-electron chi connectivity index (χ4n) is 2.48. The SMILES string of the molecule is CCOc1ccccc1NC(=O)Cc1csc(NC(=O)Nc2cccc(Cl)c2)n1. The maximum atomic E-state index is 12.3. The number of carbonyl (C=O) groups excluding carboxylic acids is 2. The summed E-state index contributed by atoms with van der Waals surface area (Å²) in [5, 5.41) is 10.8. The fourth-order valence-corrected chi connectivity index (χ4v) is 3.38. The predicted octanol–water partition coefficient (Wildman–Crippen LogP) is 5.02. The number of halogens is 1. The van der Waals surface area contributed by atoms with Crippen LogP contribution in [0.2, 0.25) is 5.02 Å². The van der Waals surface area contributed by atoms with Gasteiger partial charge in [-0.25, -0.2) is 9.78 Å². The minimum Gasteiger partial charge on any atom is -0.492 e. The fraction of sp³-hybridized carbons (Fsp3) is 0.150. The normalized spacial score (nSPS) is 10.3. The number of anilines is 3. The predicted molar refractivity (Wildman–Crippen MR) is 116 cm³/mol. The van der Waals surface area contributed by atoms with Crippen molar-refractivity contribution in [3.05, 3.63) is 64.6 Å². The molecule has 0 radical (unpaired) electrons. The van der Waals surface area contributed by atoms with E-state index in [-0.39, 0.29) is 12.3 Å². The summed E-state index contributed by atoms with van der Waals surface area (Å²) < 4.78 is 5.50. The second-order valence-corrected chi connectivity index (χ2v) is 7.18. The number of ether oxygens (including phenoxy) is 1. The molecule has 1 aromatic heterocycles. The third-order valence-corrected chi connectivity index (χ3v) is 4.70. The van der Waals surface area contributed by atoms with E-state index in [1.54, 1.807) is 41.8 Å². The van der Waals surface area contributed by atoms with Gasteiger partial charge in [-0.2, -0.15) is 0 Å². The zero-order chi connectivity index (χ0) is 20.6. The molecule has 0 saturated carbocycles. The maximum Gasteiger partial charge on any atom is 0.325 e. The molecule has 29 heavy (non-hydrogen) atoms. The van der Waals surface area contributed by atoms with Gasteiger partial charge in [-0.1, -0.05) is 29.8 Å². The van der Waals surface area contributed by atoms with Crippen LogP contribution in [0.3, 0.4) is 0 Å². The van der Waals surface area contributed by atoms with E-state index >= 15 is 0 Å². The second-order valence-electron chi connectivity index (χ2n) is 5.89. The third kappa shape index (κ3) is 6.20. The van der Waals surface area contributed by atoms with Gasteiger partial charge in [0.2, 0.25) is 5.91 Å². The van der Waals surface area contributed by atoms with Crippen molar-refractivity contribution < 1.29 is 14.3 Å². The first-order chi connectivity index (χ1) is 14.0. The Bertz CT molecular complexity index is 1010. The molecule has 2 aromatic carbocycles. The Labute approximate surface area is 177 Å². The van der Waals surface area contributed by atoms with Gasteiger partial charge >= 0.3 is 6.03 Å². The highest BCUT2D eigenvalue weighted by atomic mass is 35.5. The lowest BCUT2D eigenvalue weighted by molar-refractivity contribution is -0.115. The van der Waals surface area contributed by atoms with Crippen LogP contribution in [0.4, 0.5) is 21.3 Å². The highest BCUT2D eigenvalue weighted by Gasteiger charge is 2.12. The lowest BCUT2D eigenvalue weighted by atomic mass is 10.2. The first-order valence-electron chi connectivity index (χ1n) is 8.83. The van der Waals surface area contributed by atoms with Crippen molar-refractivity contribution in [1.82, 2.24) is 4.98 Å². The van der Waals surface area contributed by atoms with Crippen LogP contribution in [0.25, 0.3) is 0 Å². The quantitative estimate of drug-likeness (QED) is 0.490. The minimum atomic E-state index is -0.441. The molecule has 7 nitrogen and oxygen atoms in total. The molecule has 0 spiro atoms. The van der Waals surface area contributed by atoms with E-state index in [2.05, 4.69) is 20.9 Å². The van der Waals surface area contributed by atoms with Gasteiger partial charge in [0.05, 0.1) is 24.4 Å². The summed E-state index contributed by atoms with van der Waals surface area (Å²) in [6.07, 6.45) is 0.0779. The van der Waals surface area contributed by atoms with Crippen LogP contribution in [0.15, 0.2) is 53.9 Å². The highest BCUT2D eigenvalue weighted by molar-refractivity contribution is 7.14. The summed E-state index contributed by atoms with van der Waals surface area (Å²) in [6, 6.07) is 13.6. The van der Waals surface area contributed by atoms with E-state index < -0.39 is 6.03 Å². The standard InChI is InChI=1S/C20H19ClN4O3S/c1-2-28-17-9-4-3-8-16(17)24-18(26)11-15-12-29-20(23-15)25-19(27)22-14-7-5-6-13(21)10-14/h3-10,12H,2,11H2,1H3,(H,24,26)(H2,22,23,25,27). The number of para-hydroxylation sites is 2. The van der Waals surface area contributed by atoms with E-state index in [4.69, 9.17) is 16.3 Å². The first kappa shape index (κ1) is 20.6. The van der Waals surface area contributed by atoms with E-state index in [0.717, 1.165) is 0 Å². The molecule has 0 atom stereocenters. The summed E-state index contributed by atoms with van der Waals surface area (Å²) in [4.78, 5) is 28.7. The molecule has 3 aromatic rings. The number of hydrogen-bond acceptors (Lipinski definition) is 5. The van der Waals surface area contributed by atoms with Crippen LogP contribution in [-0.2, 0) is 11.2 Å². The Morgan fingerprint density at radius 1 is 1.10 bits per heavy atom. The lowest BCUT2D eigenvalue weighted by Crippen LogP contribution is -2.19. The number of rotatable bonds is 7. The molecule has 0 fully saturated rings. The molecule has 3 N–H and O–H groups in total. The number of hydrogen-bond donors (Lipinski definition) is 3. The summed E-state index contributed by atoms with van der Waals surface area (Å²) in [5.41, 5.74) is 1.73. The Balaban J connectivity index is 1.54. The molecule has 0 aliphatic rings. The monoisotopic (exact) mass is 430 g/mol. The van der Waals surface area contributed by atoms with Gasteiger partial charge in [-0.3, -0.25) is 10.1 Å². The maximum absolute atomic E-state index is 12.3. The zero-order valence-corrected chi connectivity index (χ0v) is 17.1. The Kier molecular flexibility index (Phi) is 7.04. The van der Waals surface area contributed by atoms with Crippen molar-refractivity contribution in [3.8, 4) is 5.75 Å². The molecule has 3 rings (SSSR count). The van der Waals surface area contributed by atoms with Crippen LogP contribution in [0.5, 0.6) is 5.75 Å². The van der Waals surface area contributed by atoms with Crippen molar-refractivity contribution in [3.63, 3.8) is 0 Å². The number of nitrogens with one attached hydrogen (secondary N) is 3. The first-order valence-corrected chi connectivity index (χ1v) is 10.1. The van der Waals surface area contributed by atoms with Gasteiger partial charge < -0.3 is 15.4 Å². The van der Waals surface area contributed by atoms with Crippen molar-refractivity contribution in [1.29, 1.82) is 0 Å². The largest absolute Gasteiger partial charge is 0.492 e. The molecule has 3 amide bonds. The van der Waals surface area contributed by atoms with E-state index in [9.17, 15) is 9.59 Å². The number of benzene rings is 2. The Morgan fingerprint density at radius 3 is 2.72 bits per heavy atom. The summed E-state index contributed by atoms with van der Waals surface area (Å²) in [6.45, 7) is 2.39. The number of aromatic nitrogens is 1. The zero-order valence-electron chi connectivity index (χ0n) is 15.6. The summed E-state index contributed by atoms with van der Waals surface area (Å²) >= 11 is 7.14. The molecule has 0 aliphatic heterocycles. The van der Waals surface area contributed by atoms with Gasteiger partial charge in [-0.05, 0) is 37.3 Å². The topological polar surface area (TPSA) is 92.4 Å². The van der Waals surface area contributed by atoms with E-state index in [0.29, 0.717) is 39.6 Å².